The van der Waals surface area contributed by atoms with Gasteiger partial charge in [-0.05, 0) is 37.8 Å². The van der Waals surface area contributed by atoms with Gasteiger partial charge in [-0.2, -0.15) is 0 Å². The highest BCUT2D eigenvalue weighted by molar-refractivity contribution is 6.12. The third-order valence-electron chi connectivity index (χ3n) is 6.01. The summed E-state index contributed by atoms with van der Waals surface area (Å²) in [7, 11) is 0. The van der Waals surface area contributed by atoms with E-state index in [1.807, 2.05) is 6.07 Å². The molecule has 0 aromatic heterocycles. The monoisotopic (exact) mass is 369 g/mol. The number of carbonyl (C=O) groups excluding carboxylic acids is 3. The Balaban J connectivity index is 1.56. The van der Waals surface area contributed by atoms with E-state index >= 15 is 0 Å². The van der Waals surface area contributed by atoms with Crippen LogP contribution in [0.3, 0.4) is 0 Å². The van der Waals surface area contributed by atoms with Crippen molar-refractivity contribution in [3.05, 3.63) is 29.8 Å². The van der Waals surface area contributed by atoms with E-state index in [1.54, 1.807) is 23.1 Å². The Morgan fingerprint density at radius 2 is 1.74 bits per heavy atom. The van der Waals surface area contributed by atoms with E-state index in [0.29, 0.717) is 24.2 Å². The van der Waals surface area contributed by atoms with Crippen molar-refractivity contribution in [2.75, 3.05) is 18.0 Å². The topological polar surface area (TPSA) is 69.7 Å². The number of anilines is 1. The summed E-state index contributed by atoms with van der Waals surface area (Å²) >= 11 is 0. The van der Waals surface area contributed by atoms with Gasteiger partial charge < -0.3 is 15.1 Å². The van der Waals surface area contributed by atoms with Crippen LogP contribution < -0.4 is 10.2 Å². The second-order valence-electron chi connectivity index (χ2n) is 7.85. The zero-order valence-electron chi connectivity index (χ0n) is 15.7. The van der Waals surface area contributed by atoms with Crippen LogP contribution in [0, 0.1) is 0 Å². The van der Waals surface area contributed by atoms with Gasteiger partial charge in [-0.25, -0.2) is 0 Å². The lowest BCUT2D eigenvalue weighted by Gasteiger charge is -2.26. The molecule has 1 N–H and O–H groups in total. The van der Waals surface area contributed by atoms with Crippen LogP contribution in [0.2, 0.25) is 0 Å². The molecule has 0 unspecified atom stereocenters. The lowest BCUT2D eigenvalue weighted by Crippen LogP contribution is -2.49. The number of rotatable bonds is 3. The molecule has 144 valence electrons. The lowest BCUT2D eigenvalue weighted by molar-refractivity contribution is -0.126. The van der Waals surface area contributed by atoms with E-state index in [0.717, 1.165) is 32.1 Å². The average molecular weight is 369 g/mol. The van der Waals surface area contributed by atoms with Crippen molar-refractivity contribution < 1.29 is 14.4 Å². The fraction of sp³-hybridized carbons (Fsp3) is 0.571. The molecule has 3 aliphatic rings. The van der Waals surface area contributed by atoms with Crippen LogP contribution in [0.15, 0.2) is 24.3 Å². The number of para-hydroxylation sites is 1. The second kappa shape index (κ2) is 7.71. The van der Waals surface area contributed by atoms with Gasteiger partial charge in [-0.3, -0.25) is 14.4 Å². The molecule has 4 rings (SSSR count). The predicted molar refractivity (Wildman–Crippen MR) is 102 cm³/mol. The van der Waals surface area contributed by atoms with E-state index in [9.17, 15) is 14.4 Å². The van der Waals surface area contributed by atoms with Gasteiger partial charge >= 0.3 is 0 Å². The van der Waals surface area contributed by atoms with Gasteiger partial charge in [0.15, 0.2) is 0 Å². The minimum absolute atomic E-state index is 0.0238. The molecule has 2 aliphatic heterocycles. The van der Waals surface area contributed by atoms with E-state index in [-0.39, 0.29) is 30.3 Å². The molecule has 3 amide bonds. The van der Waals surface area contributed by atoms with Crippen LogP contribution in [-0.2, 0) is 9.59 Å². The molecular formula is C21H27N3O3. The number of fused-ring (bicyclic) bond motifs is 2. The first-order valence-corrected chi connectivity index (χ1v) is 10.2. The zero-order valence-corrected chi connectivity index (χ0v) is 15.7. The molecule has 1 saturated carbocycles. The Morgan fingerprint density at radius 3 is 2.52 bits per heavy atom. The summed E-state index contributed by atoms with van der Waals surface area (Å²) in [5, 5.41) is 3.12. The number of nitrogens with zero attached hydrogens (tertiary/aromatic N) is 2. The normalized spacial score (nSPS) is 23.5. The van der Waals surface area contributed by atoms with Crippen LogP contribution in [0.1, 0.15) is 61.7 Å². The molecule has 1 aromatic carbocycles. The molecule has 6 heteroatoms. The highest BCUT2D eigenvalue weighted by Gasteiger charge is 2.42. The molecule has 1 saturated heterocycles. The van der Waals surface area contributed by atoms with Gasteiger partial charge in [-0.1, -0.05) is 37.8 Å². The van der Waals surface area contributed by atoms with Crippen molar-refractivity contribution in [2.45, 2.75) is 63.5 Å². The molecule has 2 heterocycles. The zero-order chi connectivity index (χ0) is 18.8. The van der Waals surface area contributed by atoms with Crippen LogP contribution in [0.5, 0.6) is 0 Å². The number of hydrogen-bond acceptors (Lipinski definition) is 3. The fourth-order valence-electron chi connectivity index (χ4n) is 4.61. The number of hydrogen-bond donors (Lipinski definition) is 1. The van der Waals surface area contributed by atoms with Crippen LogP contribution in [0.25, 0.3) is 0 Å². The molecule has 0 bridgehead atoms. The Hall–Kier alpha value is -2.37. The summed E-state index contributed by atoms with van der Waals surface area (Å²) in [4.78, 5) is 42.0. The van der Waals surface area contributed by atoms with Crippen LogP contribution >= 0.6 is 0 Å². The van der Waals surface area contributed by atoms with E-state index in [2.05, 4.69) is 5.32 Å². The molecule has 27 heavy (non-hydrogen) atoms. The Kier molecular flexibility index (Phi) is 5.14. The summed E-state index contributed by atoms with van der Waals surface area (Å²) in [5.74, 6) is -0.376. The summed E-state index contributed by atoms with van der Waals surface area (Å²) in [5.41, 5.74) is 1.07. The van der Waals surface area contributed by atoms with Crippen molar-refractivity contribution in [1.29, 1.82) is 0 Å². The second-order valence-corrected chi connectivity index (χ2v) is 7.85. The molecule has 1 aliphatic carbocycles. The van der Waals surface area contributed by atoms with Crippen molar-refractivity contribution in [3.8, 4) is 0 Å². The maximum absolute atomic E-state index is 13.2. The first-order valence-electron chi connectivity index (χ1n) is 10.2. The third kappa shape index (κ3) is 3.57. The largest absolute Gasteiger partial charge is 0.352 e. The summed E-state index contributed by atoms with van der Waals surface area (Å²) in [6, 6.07) is 6.89. The molecule has 0 spiro atoms. The highest BCUT2D eigenvalue weighted by atomic mass is 16.2. The average Bonchev–Trinajstić information content (AvgIpc) is 3.00. The Morgan fingerprint density at radius 1 is 1.00 bits per heavy atom. The minimum atomic E-state index is -0.449. The maximum Gasteiger partial charge on any atom is 0.256 e. The molecular weight excluding hydrogens is 342 g/mol. The summed E-state index contributed by atoms with van der Waals surface area (Å²) in [6.07, 6.45) is 8.24. The number of benzene rings is 1. The van der Waals surface area contributed by atoms with E-state index in [1.165, 1.54) is 17.7 Å². The van der Waals surface area contributed by atoms with Gasteiger partial charge in [-0.15, -0.1) is 0 Å². The molecule has 0 radical (unpaired) electrons. The highest BCUT2D eigenvalue weighted by Crippen LogP contribution is 2.32. The number of nitrogens with one attached hydrogen (secondary N) is 1. The summed E-state index contributed by atoms with van der Waals surface area (Å²) < 4.78 is 0. The van der Waals surface area contributed by atoms with Gasteiger partial charge in [0, 0.05) is 12.6 Å². The van der Waals surface area contributed by atoms with Crippen molar-refractivity contribution in [3.63, 3.8) is 0 Å². The van der Waals surface area contributed by atoms with Gasteiger partial charge in [0.05, 0.1) is 11.3 Å². The molecule has 6 nitrogen and oxygen atoms in total. The minimum Gasteiger partial charge on any atom is -0.352 e. The standard InChI is InChI=1S/C21H27N3O3/c25-19(22-15-8-3-1-2-4-9-15)14-24-17-11-6-5-10-16(17)20(26)23-13-7-12-18(23)21(24)27/h5-6,10-11,15,18H,1-4,7-9,12-14H2,(H,22,25)/t18-/m1/s1. The third-order valence-corrected chi connectivity index (χ3v) is 6.01. The van der Waals surface area contributed by atoms with E-state index in [4.69, 9.17) is 0 Å². The first-order chi connectivity index (χ1) is 13.1. The van der Waals surface area contributed by atoms with Crippen molar-refractivity contribution in [1.82, 2.24) is 10.2 Å². The maximum atomic E-state index is 13.2. The SMILES string of the molecule is O=C(CN1C(=O)[C@H]2CCCN2C(=O)c2ccccc21)NC1CCCCCC1. The van der Waals surface area contributed by atoms with Crippen molar-refractivity contribution in [2.24, 2.45) is 0 Å². The lowest BCUT2D eigenvalue weighted by atomic mass is 10.1. The van der Waals surface area contributed by atoms with Crippen LogP contribution in [0.4, 0.5) is 5.69 Å². The fourth-order valence-corrected chi connectivity index (χ4v) is 4.61. The molecule has 1 atom stereocenters. The van der Waals surface area contributed by atoms with Gasteiger partial charge in [0.1, 0.15) is 12.6 Å². The quantitative estimate of drug-likeness (QED) is 0.832. The first kappa shape index (κ1) is 18.0. The predicted octanol–water partition coefficient (Wildman–Crippen LogP) is 2.48. The Bertz CT molecular complexity index is 740. The molecule has 1 aromatic rings. The number of amides is 3. The van der Waals surface area contributed by atoms with Gasteiger partial charge in [0.2, 0.25) is 11.8 Å². The van der Waals surface area contributed by atoms with E-state index < -0.39 is 6.04 Å². The van der Waals surface area contributed by atoms with Gasteiger partial charge in [0.25, 0.3) is 5.91 Å². The number of carbonyl (C=O) groups is 3. The molecule has 2 fully saturated rings. The van der Waals surface area contributed by atoms with Crippen LogP contribution in [-0.4, -0.2) is 47.8 Å². The summed E-state index contributed by atoms with van der Waals surface area (Å²) in [6.45, 7) is 0.579. The Labute approximate surface area is 159 Å². The van der Waals surface area contributed by atoms with Crippen molar-refractivity contribution >= 4 is 23.4 Å². The smallest absolute Gasteiger partial charge is 0.256 e.